The van der Waals surface area contributed by atoms with E-state index in [1.165, 1.54) is 11.3 Å². The number of likely N-dealkylation sites (N-methyl/N-ethyl adjacent to an activating group) is 1. The Labute approximate surface area is 72.5 Å². The minimum Gasteiger partial charge on any atom is -0.302 e. The third kappa shape index (κ3) is 1.46. The molecule has 0 fully saturated rings. The zero-order valence-electron chi connectivity index (χ0n) is 7.32. The van der Waals surface area contributed by atoms with E-state index in [4.69, 9.17) is 0 Å². The second kappa shape index (κ2) is 3.19. The first-order valence-corrected chi connectivity index (χ1v) is 4.30. The van der Waals surface area contributed by atoms with Crippen molar-refractivity contribution in [1.29, 1.82) is 0 Å². The van der Waals surface area contributed by atoms with E-state index < -0.39 is 0 Å². The van der Waals surface area contributed by atoms with E-state index in [0.717, 1.165) is 25.9 Å². The normalized spacial score (nSPS) is 24.1. The maximum absolute atomic E-state index is 4.31. The highest BCUT2D eigenvalue weighted by Gasteiger charge is 2.15. The lowest BCUT2D eigenvalue weighted by molar-refractivity contribution is 0.345. The van der Waals surface area contributed by atoms with Gasteiger partial charge < -0.3 is 4.90 Å². The van der Waals surface area contributed by atoms with Crippen LogP contribution in [0.4, 0.5) is 0 Å². The Morgan fingerprint density at radius 3 is 3.33 bits per heavy atom. The van der Waals surface area contributed by atoms with E-state index in [9.17, 15) is 0 Å². The van der Waals surface area contributed by atoms with Crippen molar-refractivity contribution >= 4 is 12.6 Å². The molecule has 0 saturated carbocycles. The molecule has 2 aliphatic rings. The molecule has 0 aromatic rings. The number of aliphatic imine (C=N–C) groups is 2. The lowest BCUT2D eigenvalue weighted by Gasteiger charge is -2.24. The molecule has 0 saturated heterocycles. The van der Waals surface area contributed by atoms with Crippen LogP contribution in [0.5, 0.6) is 0 Å². The molecule has 0 aliphatic carbocycles. The van der Waals surface area contributed by atoms with Crippen LogP contribution in [0.2, 0.25) is 0 Å². The summed E-state index contributed by atoms with van der Waals surface area (Å²) in [5.74, 6) is 0. The second-order valence-corrected chi connectivity index (χ2v) is 3.32. The molecule has 3 heteroatoms. The van der Waals surface area contributed by atoms with Gasteiger partial charge in [-0.3, -0.25) is 0 Å². The van der Waals surface area contributed by atoms with Crippen LogP contribution in [-0.2, 0) is 0 Å². The summed E-state index contributed by atoms with van der Waals surface area (Å²) in [7, 11) is 2.15. The Morgan fingerprint density at radius 1 is 1.50 bits per heavy atom. The van der Waals surface area contributed by atoms with Gasteiger partial charge in [0, 0.05) is 37.8 Å². The fourth-order valence-corrected chi connectivity index (χ4v) is 1.62. The molecule has 0 bridgehead atoms. The first-order valence-electron chi connectivity index (χ1n) is 4.30. The number of hydrogen-bond acceptors (Lipinski definition) is 3. The Balaban J connectivity index is 2.23. The van der Waals surface area contributed by atoms with Gasteiger partial charge in [0.15, 0.2) is 0 Å². The molecule has 0 atom stereocenters. The van der Waals surface area contributed by atoms with E-state index in [0.29, 0.717) is 0 Å². The Morgan fingerprint density at radius 2 is 2.42 bits per heavy atom. The predicted molar refractivity (Wildman–Crippen MR) is 50.7 cm³/mol. The largest absolute Gasteiger partial charge is 0.302 e. The van der Waals surface area contributed by atoms with Gasteiger partial charge in [0.05, 0.1) is 0 Å². The van der Waals surface area contributed by atoms with Crippen LogP contribution in [0.15, 0.2) is 21.3 Å². The summed E-state index contributed by atoms with van der Waals surface area (Å²) in [6.45, 7) is 2.18. The minimum absolute atomic E-state index is 0.972. The van der Waals surface area contributed by atoms with E-state index in [2.05, 4.69) is 21.9 Å². The zero-order valence-corrected chi connectivity index (χ0v) is 7.32. The quantitative estimate of drug-likeness (QED) is 0.525. The fourth-order valence-electron chi connectivity index (χ4n) is 1.62. The highest BCUT2D eigenvalue weighted by Crippen LogP contribution is 2.20. The third-order valence-electron chi connectivity index (χ3n) is 2.32. The van der Waals surface area contributed by atoms with Crippen LogP contribution in [0, 0.1) is 0 Å². The molecule has 2 heterocycles. The summed E-state index contributed by atoms with van der Waals surface area (Å²) < 4.78 is 0. The van der Waals surface area contributed by atoms with Crippen LogP contribution >= 0.6 is 0 Å². The average molecular weight is 163 g/mol. The summed E-state index contributed by atoms with van der Waals surface area (Å²) in [6.07, 6.45) is 5.64. The van der Waals surface area contributed by atoms with Gasteiger partial charge in [-0.15, -0.1) is 0 Å². The lowest BCUT2D eigenvalue weighted by atomic mass is 10.0. The molecule has 0 N–H and O–H groups in total. The molecule has 0 spiro atoms. The third-order valence-corrected chi connectivity index (χ3v) is 2.32. The number of hydrogen-bond donors (Lipinski definition) is 0. The predicted octanol–water partition coefficient (Wildman–Crippen LogP) is 1.08. The molecule has 3 nitrogen and oxygen atoms in total. The summed E-state index contributed by atoms with van der Waals surface area (Å²) >= 11 is 0. The van der Waals surface area contributed by atoms with Gasteiger partial charge in [0.1, 0.15) is 6.34 Å². The van der Waals surface area contributed by atoms with E-state index in [1.807, 2.05) is 6.21 Å². The second-order valence-electron chi connectivity index (χ2n) is 3.32. The Kier molecular flexibility index (Phi) is 2.04. The van der Waals surface area contributed by atoms with Crippen LogP contribution in [0.1, 0.15) is 12.8 Å². The standard InChI is InChI=1S/C9H13N3/c1-12-5-3-9-8(6-12)2-4-10-7-11-9/h4,7H,2-3,5-6H2,1H3. The summed E-state index contributed by atoms with van der Waals surface area (Å²) in [5, 5.41) is 0. The van der Waals surface area contributed by atoms with E-state index in [1.54, 1.807) is 6.34 Å². The van der Waals surface area contributed by atoms with Crippen molar-refractivity contribution in [3.63, 3.8) is 0 Å². The van der Waals surface area contributed by atoms with Gasteiger partial charge in [-0.05, 0) is 12.6 Å². The molecular weight excluding hydrogens is 150 g/mol. The first kappa shape index (κ1) is 7.68. The maximum atomic E-state index is 4.31. The molecule has 64 valence electrons. The van der Waals surface area contributed by atoms with Gasteiger partial charge >= 0.3 is 0 Å². The van der Waals surface area contributed by atoms with E-state index >= 15 is 0 Å². The summed E-state index contributed by atoms with van der Waals surface area (Å²) in [6, 6.07) is 0. The average Bonchev–Trinajstić information content (AvgIpc) is 2.28. The SMILES string of the molecule is CN1CCC2=C(CC=NC=N2)C1. The van der Waals surface area contributed by atoms with Gasteiger partial charge in [0.25, 0.3) is 0 Å². The molecule has 0 unspecified atom stereocenters. The highest BCUT2D eigenvalue weighted by molar-refractivity contribution is 5.76. The molecular formula is C9H13N3. The summed E-state index contributed by atoms with van der Waals surface area (Å²) in [5.41, 5.74) is 2.69. The molecule has 12 heavy (non-hydrogen) atoms. The van der Waals surface area contributed by atoms with Gasteiger partial charge in [0.2, 0.25) is 0 Å². The molecule has 2 rings (SSSR count). The number of nitrogens with zero attached hydrogens (tertiary/aromatic N) is 3. The zero-order chi connectivity index (χ0) is 8.39. The molecule has 0 amide bonds. The van der Waals surface area contributed by atoms with Gasteiger partial charge in [-0.2, -0.15) is 0 Å². The monoisotopic (exact) mass is 163 g/mol. The minimum atomic E-state index is 0.972. The van der Waals surface area contributed by atoms with Crippen LogP contribution < -0.4 is 0 Å². The van der Waals surface area contributed by atoms with E-state index in [-0.39, 0.29) is 0 Å². The topological polar surface area (TPSA) is 28.0 Å². The van der Waals surface area contributed by atoms with Crippen molar-refractivity contribution in [1.82, 2.24) is 4.90 Å². The lowest BCUT2D eigenvalue weighted by Crippen LogP contribution is -2.27. The van der Waals surface area contributed by atoms with Gasteiger partial charge in [-0.1, -0.05) is 0 Å². The Hall–Kier alpha value is -0.960. The maximum Gasteiger partial charge on any atom is 0.115 e. The van der Waals surface area contributed by atoms with Crippen LogP contribution in [-0.4, -0.2) is 37.6 Å². The molecule has 0 radical (unpaired) electrons. The van der Waals surface area contributed by atoms with Crippen LogP contribution in [0.3, 0.4) is 0 Å². The highest BCUT2D eigenvalue weighted by atomic mass is 15.1. The van der Waals surface area contributed by atoms with Crippen molar-refractivity contribution < 1.29 is 0 Å². The van der Waals surface area contributed by atoms with Crippen molar-refractivity contribution in [2.75, 3.05) is 20.1 Å². The Bertz CT molecular complexity index is 263. The van der Waals surface area contributed by atoms with Crippen molar-refractivity contribution in [2.45, 2.75) is 12.8 Å². The molecule has 0 aromatic heterocycles. The van der Waals surface area contributed by atoms with Crippen molar-refractivity contribution in [3.8, 4) is 0 Å². The van der Waals surface area contributed by atoms with Crippen LogP contribution in [0.25, 0.3) is 0 Å². The fraction of sp³-hybridized carbons (Fsp3) is 0.556. The molecule has 0 aromatic carbocycles. The first-order chi connectivity index (χ1) is 5.86. The molecule has 2 aliphatic heterocycles. The van der Waals surface area contributed by atoms with Crippen molar-refractivity contribution in [2.24, 2.45) is 9.98 Å². The van der Waals surface area contributed by atoms with Gasteiger partial charge in [-0.25, -0.2) is 9.98 Å². The summed E-state index contributed by atoms with van der Waals surface area (Å²) in [4.78, 5) is 10.7. The number of rotatable bonds is 0. The smallest absolute Gasteiger partial charge is 0.115 e. The van der Waals surface area contributed by atoms with Crippen molar-refractivity contribution in [3.05, 3.63) is 11.3 Å².